The van der Waals surface area contributed by atoms with Gasteiger partial charge in [-0.25, -0.2) is 4.39 Å². The van der Waals surface area contributed by atoms with Gasteiger partial charge in [-0.3, -0.25) is 0 Å². The van der Waals surface area contributed by atoms with Gasteiger partial charge >= 0.3 is 12.1 Å². The molecule has 0 heterocycles. The first-order valence-electron chi connectivity index (χ1n) is 6.20. The lowest BCUT2D eigenvalue weighted by Gasteiger charge is -2.38. The van der Waals surface area contributed by atoms with Crippen LogP contribution in [0.1, 0.15) is 11.1 Å². The molecule has 1 N–H and O–H groups in total. The van der Waals surface area contributed by atoms with Crippen LogP contribution < -0.4 is 0 Å². The molecule has 0 aromatic heterocycles. The number of halogens is 7. The standard InChI is InChI=1S/C15H9ClF6O/c16-11-7-3-1-5-9(11)13(23,14(18,19)15(20,21)22)10-6-2-4-8-12(10)17/h1-8,23H. The summed E-state index contributed by atoms with van der Waals surface area (Å²) in [7, 11) is 0. The van der Waals surface area contributed by atoms with E-state index in [-0.39, 0.29) is 0 Å². The quantitative estimate of drug-likeness (QED) is 0.776. The summed E-state index contributed by atoms with van der Waals surface area (Å²) in [5.74, 6) is -7.11. The number of aliphatic hydroxyl groups is 1. The van der Waals surface area contributed by atoms with Crippen molar-refractivity contribution in [1.29, 1.82) is 0 Å². The highest BCUT2D eigenvalue weighted by Gasteiger charge is 2.72. The van der Waals surface area contributed by atoms with E-state index in [4.69, 9.17) is 11.6 Å². The van der Waals surface area contributed by atoms with E-state index < -0.39 is 39.7 Å². The van der Waals surface area contributed by atoms with Gasteiger partial charge in [0.1, 0.15) is 5.82 Å². The summed E-state index contributed by atoms with van der Waals surface area (Å²) < 4.78 is 80.8. The Morgan fingerprint density at radius 3 is 1.74 bits per heavy atom. The average molecular weight is 355 g/mol. The van der Waals surface area contributed by atoms with Crippen molar-refractivity contribution in [2.24, 2.45) is 0 Å². The second-order valence-electron chi connectivity index (χ2n) is 4.74. The third-order valence-corrected chi connectivity index (χ3v) is 3.67. The number of hydrogen-bond donors (Lipinski definition) is 1. The minimum atomic E-state index is -6.14. The van der Waals surface area contributed by atoms with Gasteiger partial charge in [-0.2, -0.15) is 22.0 Å². The molecule has 0 bridgehead atoms. The van der Waals surface area contributed by atoms with Crippen LogP contribution in [0, 0.1) is 5.82 Å². The minimum Gasteiger partial charge on any atom is -0.374 e. The molecule has 0 aliphatic heterocycles. The third kappa shape index (κ3) is 2.68. The van der Waals surface area contributed by atoms with Gasteiger partial charge in [-0.15, -0.1) is 0 Å². The van der Waals surface area contributed by atoms with E-state index in [2.05, 4.69) is 0 Å². The molecule has 2 aromatic rings. The molecular weight excluding hydrogens is 346 g/mol. The summed E-state index contributed by atoms with van der Waals surface area (Å²) in [4.78, 5) is 0. The lowest BCUT2D eigenvalue weighted by Crippen LogP contribution is -2.56. The van der Waals surface area contributed by atoms with E-state index in [0.29, 0.717) is 12.1 Å². The van der Waals surface area contributed by atoms with E-state index in [9.17, 15) is 31.4 Å². The fourth-order valence-electron chi connectivity index (χ4n) is 2.20. The largest absolute Gasteiger partial charge is 0.457 e. The molecule has 0 amide bonds. The molecule has 124 valence electrons. The Bertz CT molecular complexity index is 668. The second kappa shape index (κ2) is 5.72. The fourth-order valence-corrected chi connectivity index (χ4v) is 2.47. The Kier molecular flexibility index (Phi) is 4.38. The molecule has 0 aliphatic rings. The first kappa shape index (κ1) is 17.6. The second-order valence-corrected chi connectivity index (χ2v) is 5.15. The van der Waals surface area contributed by atoms with Gasteiger partial charge in [-0.05, 0) is 12.1 Å². The highest BCUT2D eigenvalue weighted by molar-refractivity contribution is 6.31. The first-order chi connectivity index (χ1) is 10.5. The lowest BCUT2D eigenvalue weighted by atomic mass is 9.80. The summed E-state index contributed by atoms with van der Waals surface area (Å²) in [6, 6.07) is 7.65. The molecule has 2 aromatic carbocycles. The predicted molar refractivity (Wildman–Crippen MR) is 71.9 cm³/mol. The highest BCUT2D eigenvalue weighted by Crippen LogP contribution is 2.53. The normalized spacial score (nSPS) is 15.3. The Hall–Kier alpha value is -1.73. The van der Waals surface area contributed by atoms with Gasteiger partial charge in [0, 0.05) is 16.1 Å². The zero-order chi connectivity index (χ0) is 17.5. The van der Waals surface area contributed by atoms with E-state index >= 15 is 0 Å². The Balaban J connectivity index is 2.87. The van der Waals surface area contributed by atoms with Gasteiger partial charge in [0.05, 0.1) is 0 Å². The molecular formula is C15H9ClF6O. The van der Waals surface area contributed by atoms with E-state index in [1.54, 1.807) is 0 Å². The van der Waals surface area contributed by atoms with Gasteiger partial charge in [0.15, 0.2) is 5.60 Å². The van der Waals surface area contributed by atoms with Crippen LogP contribution in [0.2, 0.25) is 5.02 Å². The Labute approximate surface area is 132 Å². The average Bonchev–Trinajstić information content (AvgIpc) is 2.46. The van der Waals surface area contributed by atoms with Crippen LogP contribution in [-0.2, 0) is 5.60 Å². The van der Waals surface area contributed by atoms with Gasteiger partial charge < -0.3 is 5.11 Å². The molecule has 0 saturated carbocycles. The highest BCUT2D eigenvalue weighted by atomic mass is 35.5. The summed E-state index contributed by atoms with van der Waals surface area (Å²) in [6.45, 7) is 0. The molecule has 0 fully saturated rings. The van der Waals surface area contributed by atoms with Crippen molar-refractivity contribution in [3.05, 3.63) is 70.5 Å². The zero-order valence-corrected chi connectivity index (χ0v) is 12.0. The third-order valence-electron chi connectivity index (χ3n) is 3.34. The van der Waals surface area contributed by atoms with Crippen LogP contribution in [0.5, 0.6) is 0 Å². The molecule has 2 rings (SSSR count). The number of benzene rings is 2. The maximum atomic E-state index is 14.1. The van der Waals surface area contributed by atoms with Crippen molar-refractivity contribution in [3.63, 3.8) is 0 Å². The SMILES string of the molecule is OC(c1ccccc1F)(c1ccccc1Cl)C(F)(F)C(F)(F)F. The maximum Gasteiger partial charge on any atom is 0.457 e. The molecule has 0 aliphatic carbocycles. The van der Waals surface area contributed by atoms with E-state index in [1.165, 1.54) is 6.07 Å². The molecule has 0 radical (unpaired) electrons. The van der Waals surface area contributed by atoms with Crippen LogP contribution in [0.15, 0.2) is 48.5 Å². The summed E-state index contributed by atoms with van der Waals surface area (Å²) in [6.07, 6.45) is -6.14. The molecule has 1 atom stereocenters. The summed E-state index contributed by atoms with van der Waals surface area (Å²) >= 11 is 5.68. The van der Waals surface area contributed by atoms with Crippen LogP contribution in [0.3, 0.4) is 0 Å². The van der Waals surface area contributed by atoms with Crippen LogP contribution >= 0.6 is 11.6 Å². The van der Waals surface area contributed by atoms with Crippen LogP contribution in [0.25, 0.3) is 0 Å². The lowest BCUT2D eigenvalue weighted by molar-refractivity contribution is -0.337. The summed E-state index contributed by atoms with van der Waals surface area (Å²) in [5.41, 5.74) is -6.20. The topological polar surface area (TPSA) is 20.2 Å². The number of hydrogen-bond acceptors (Lipinski definition) is 1. The van der Waals surface area contributed by atoms with Crippen molar-refractivity contribution in [2.45, 2.75) is 17.7 Å². The van der Waals surface area contributed by atoms with Crippen molar-refractivity contribution < 1.29 is 31.4 Å². The van der Waals surface area contributed by atoms with Crippen LogP contribution in [0.4, 0.5) is 26.3 Å². The van der Waals surface area contributed by atoms with E-state index in [0.717, 1.165) is 30.3 Å². The minimum absolute atomic E-state index is 0.554. The van der Waals surface area contributed by atoms with Gasteiger partial charge in [0.25, 0.3) is 0 Å². The summed E-state index contributed by atoms with van der Waals surface area (Å²) in [5, 5.41) is 9.83. The van der Waals surface area contributed by atoms with Crippen molar-refractivity contribution >= 4 is 11.6 Å². The smallest absolute Gasteiger partial charge is 0.374 e. The number of rotatable bonds is 3. The zero-order valence-electron chi connectivity index (χ0n) is 11.2. The maximum absolute atomic E-state index is 14.1. The number of alkyl halides is 5. The molecule has 1 unspecified atom stereocenters. The molecule has 1 nitrogen and oxygen atoms in total. The molecule has 0 saturated heterocycles. The van der Waals surface area contributed by atoms with Crippen molar-refractivity contribution in [2.75, 3.05) is 0 Å². The Morgan fingerprint density at radius 1 is 0.783 bits per heavy atom. The van der Waals surface area contributed by atoms with Gasteiger partial charge in [-0.1, -0.05) is 48.0 Å². The van der Waals surface area contributed by atoms with E-state index in [1.807, 2.05) is 0 Å². The molecule has 0 spiro atoms. The van der Waals surface area contributed by atoms with Crippen LogP contribution in [-0.4, -0.2) is 17.2 Å². The Morgan fingerprint density at radius 2 is 1.26 bits per heavy atom. The molecule has 8 heteroatoms. The first-order valence-corrected chi connectivity index (χ1v) is 6.58. The fraction of sp³-hybridized carbons (Fsp3) is 0.200. The van der Waals surface area contributed by atoms with Crippen molar-refractivity contribution in [1.82, 2.24) is 0 Å². The monoisotopic (exact) mass is 354 g/mol. The van der Waals surface area contributed by atoms with Crippen molar-refractivity contribution in [3.8, 4) is 0 Å². The van der Waals surface area contributed by atoms with Gasteiger partial charge in [0.2, 0.25) is 0 Å². The predicted octanol–water partition coefficient (Wildman–Crippen LogP) is 4.91. The molecule has 23 heavy (non-hydrogen) atoms.